The minimum absolute atomic E-state index is 0.0107. The fourth-order valence-corrected chi connectivity index (χ4v) is 6.94. The molecule has 1 N–H and O–H groups in total. The molecule has 220 valence electrons. The van der Waals surface area contributed by atoms with Gasteiger partial charge in [-0.2, -0.15) is 0 Å². The van der Waals surface area contributed by atoms with Gasteiger partial charge >= 0.3 is 0 Å². The van der Waals surface area contributed by atoms with E-state index in [9.17, 15) is 9.59 Å². The molecule has 0 saturated carbocycles. The molecule has 2 atom stereocenters. The number of piperazine rings is 1. The van der Waals surface area contributed by atoms with Crippen LogP contribution in [0, 0.1) is 0 Å². The van der Waals surface area contributed by atoms with E-state index in [2.05, 4.69) is 44.1 Å². The largest absolute Gasteiger partial charge is 0.341 e. The fraction of sp³-hybridized carbons (Fsp3) is 0.452. The molecule has 0 bridgehead atoms. The first-order valence-corrected chi connectivity index (χ1v) is 15.8. The van der Waals surface area contributed by atoms with Crippen LogP contribution in [0.1, 0.15) is 43.6 Å². The van der Waals surface area contributed by atoms with Crippen LogP contribution in [0.4, 0.5) is 5.95 Å². The molecular formula is C31H38N8O2S. The van der Waals surface area contributed by atoms with Crippen LogP contribution in [-0.2, 0) is 11.3 Å². The highest BCUT2D eigenvalue weighted by atomic mass is 32.1. The Morgan fingerprint density at radius 1 is 1.05 bits per heavy atom. The molecule has 1 aromatic carbocycles. The normalized spacial score (nSPS) is 19.1. The number of aromatic nitrogens is 4. The molecule has 42 heavy (non-hydrogen) atoms. The second-order valence-corrected chi connectivity index (χ2v) is 11.9. The maximum absolute atomic E-state index is 13.7. The van der Waals surface area contributed by atoms with Crippen LogP contribution in [0.15, 0.2) is 65.0 Å². The van der Waals surface area contributed by atoms with E-state index >= 15 is 0 Å². The Kier molecular flexibility index (Phi) is 8.87. The highest BCUT2D eigenvalue weighted by Gasteiger charge is 2.31. The third-order valence-corrected chi connectivity index (χ3v) is 9.12. The molecule has 11 heteroatoms. The van der Waals surface area contributed by atoms with Crippen LogP contribution >= 0.6 is 11.3 Å². The zero-order valence-electron chi connectivity index (χ0n) is 24.1. The number of amides is 1. The number of carbonyl (C=O) groups excluding carboxylic acids is 1. The van der Waals surface area contributed by atoms with Crippen LogP contribution in [0.3, 0.4) is 0 Å². The molecule has 2 fully saturated rings. The lowest BCUT2D eigenvalue weighted by Crippen LogP contribution is -2.54. The Morgan fingerprint density at radius 3 is 2.69 bits per heavy atom. The lowest BCUT2D eigenvalue weighted by molar-refractivity contribution is -0.131. The minimum Gasteiger partial charge on any atom is -0.341 e. The van der Waals surface area contributed by atoms with Crippen LogP contribution in [0.5, 0.6) is 0 Å². The van der Waals surface area contributed by atoms with E-state index in [1.807, 2.05) is 45.2 Å². The molecule has 0 radical (unpaired) electrons. The van der Waals surface area contributed by atoms with Crippen molar-refractivity contribution in [2.24, 2.45) is 0 Å². The molecule has 0 spiro atoms. The number of benzene rings is 1. The Morgan fingerprint density at radius 2 is 1.88 bits per heavy atom. The van der Waals surface area contributed by atoms with Crippen molar-refractivity contribution < 1.29 is 4.79 Å². The van der Waals surface area contributed by atoms with Crippen molar-refractivity contribution in [2.75, 3.05) is 50.7 Å². The van der Waals surface area contributed by atoms with Gasteiger partial charge < -0.3 is 15.1 Å². The smallest absolute Gasteiger partial charge is 0.262 e. The first-order chi connectivity index (χ1) is 20.6. The molecule has 2 unspecified atom stereocenters. The first-order valence-electron chi connectivity index (χ1n) is 14.9. The Labute approximate surface area is 250 Å². The van der Waals surface area contributed by atoms with Crippen molar-refractivity contribution in [2.45, 2.75) is 44.8 Å². The number of carbonyl (C=O) groups is 1. The van der Waals surface area contributed by atoms with Crippen molar-refractivity contribution in [3.05, 3.63) is 82.0 Å². The summed E-state index contributed by atoms with van der Waals surface area (Å²) in [5.41, 5.74) is 1.09. The van der Waals surface area contributed by atoms with Gasteiger partial charge in [-0.1, -0.05) is 37.3 Å². The number of hydrogen-bond acceptors (Lipinski definition) is 9. The number of rotatable bonds is 8. The first kappa shape index (κ1) is 28.4. The van der Waals surface area contributed by atoms with Gasteiger partial charge in [0.2, 0.25) is 11.9 Å². The monoisotopic (exact) mass is 586 g/mol. The summed E-state index contributed by atoms with van der Waals surface area (Å²) < 4.78 is 1.86. The zero-order chi connectivity index (χ0) is 28.9. The van der Waals surface area contributed by atoms with Crippen molar-refractivity contribution in [3.63, 3.8) is 0 Å². The molecule has 6 rings (SSSR count). The highest BCUT2D eigenvalue weighted by Crippen LogP contribution is 2.27. The molecule has 10 nitrogen and oxygen atoms in total. The minimum atomic E-state index is -0.0229. The topological polar surface area (TPSA) is 99.5 Å². The van der Waals surface area contributed by atoms with Crippen LogP contribution in [0.2, 0.25) is 0 Å². The van der Waals surface area contributed by atoms with Crippen molar-refractivity contribution in [3.8, 4) is 0 Å². The maximum atomic E-state index is 13.7. The maximum Gasteiger partial charge on any atom is 0.262 e. The van der Waals surface area contributed by atoms with Crippen molar-refractivity contribution >= 4 is 33.4 Å². The van der Waals surface area contributed by atoms with Gasteiger partial charge in [0.25, 0.3) is 5.56 Å². The summed E-state index contributed by atoms with van der Waals surface area (Å²) in [6.45, 7) is 7.98. The Hall–Kier alpha value is -3.67. The van der Waals surface area contributed by atoms with Crippen molar-refractivity contribution in [1.29, 1.82) is 0 Å². The molecule has 3 aromatic heterocycles. The number of nitrogens with zero attached hydrogens (tertiary/aromatic N) is 7. The van der Waals surface area contributed by atoms with E-state index in [4.69, 9.17) is 4.98 Å². The quantitative estimate of drug-likeness (QED) is 0.336. The number of anilines is 1. The molecule has 2 aliphatic heterocycles. The molecule has 1 amide bonds. The third kappa shape index (κ3) is 6.23. The summed E-state index contributed by atoms with van der Waals surface area (Å²) in [6.07, 6.45) is 5.68. The third-order valence-electron chi connectivity index (χ3n) is 8.31. The second kappa shape index (κ2) is 13.1. The van der Waals surface area contributed by atoms with E-state index < -0.39 is 0 Å². The van der Waals surface area contributed by atoms with E-state index in [0.29, 0.717) is 24.9 Å². The summed E-state index contributed by atoms with van der Waals surface area (Å²) in [4.78, 5) is 48.3. The highest BCUT2D eigenvalue weighted by molar-refractivity contribution is 7.16. The van der Waals surface area contributed by atoms with Crippen LogP contribution in [-0.4, -0.2) is 87.1 Å². The van der Waals surface area contributed by atoms with Gasteiger partial charge in [0.05, 0.1) is 18.0 Å². The molecule has 4 aromatic rings. The summed E-state index contributed by atoms with van der Waals surface area (Å²) in [5, 5.41) is 6.20. The molecular weight excluding hydrogens is 548 g/mol. The van der Waals surface area contributed by atoms with Gasteiger partial charge in [-0.05, 0) is 35.9 Å². The molecule has 2 saturated heterocycles. The van der Waals surface area contributed by atoms with E-state index in [0.717, 1.165) is 74.3 Å². The number of thiophene rings is 1. The SMILES string of the molecule is CCC(c1nc2sccc2c(=O)n1Cc1ccccc1)N1CCNC(CC(=O)N2CCCN(c3ncccn3)CC2)C1. The predicted molar refractivity (Wildman–Crippen MR) is 166 cm³/mol. The van der Waals surface area contributed by atoms with E-state index in [1.54, 1.807) is 12.4 Å². The number of fused-ring (bicyclic) bond motifs is 1. The predicted octanol–water partition coefficient (Wildman–Crippen LogP) is 3.15. The zero-order valence-corrected chi connectivity index (χ0v) is 24.9. The summed E-state index contributed by atoms with van der Waals surface area (Å²) in [6, 6.07) is 13.8. The van der Waals surface area contributed by atoms with E-state index in [1.165, 1.54) is 11.3 Å². The number of nitrogens with one attached hydrogen (secondary N) is 1. The summed E-state index contributed by atoms with van der Waals surface area (Å²) >= 11 is 1.51. The Bertz CT molecular complexity index is 1540. The van der Waals surface area contributed by atoms with Crippen molar-refractivity contribution in [1.82, 2.24) is 34.6 Å². The molecule has 2 aliphatic rings. The standard InChI is InChI=1S/C31H38N8O2S/c1-2-26(28-35-29-25(10-19-42-29)30(41)39(28)21-23-8-4-3-5-9-23)38-16-13-32-24(22-38)20-27(40)36-14-7-15-37(18-17-36)31-33-11-6-12-34-31/h3-6,8-12,19,24,26,32H,2,7,13-18,20-22H2,1H3. The lowest BCUT2D eigenvalue weighted by Gasteiger charge is -2.39. The fourth-order valence-electron chi connectivity index (χ4n) is 6.17. The average molecular weight is 587 g/mol. The lowest BCUT2D eigenvalue weighted by atomic mass is 10.1. The second-order valence-electron chi connectivity index (χ2n) is 11.0. The summed E-state index contributed by atoms with van der Waals surface area (Å²) in [7, 11) is 0. The molecule has 0 aliphatic carbocycles. The Balaban J connectivity index is 1.16. The van der Waals surface area contributed by atoms with E-state index in [-0.39, 0.29) is 23.6 Å². The van der Waals surface area contributed by atoms with Gasteiger partial charge in [-0.15, -0.1) is 11.3 Å². The van der Waals surface area contributed by atoms with Gasteiger partial charge in [0.15, 0.2) is 0 Å². The molecule has 5 heterocycles. The van der Waals surface area contributed by atoms with Crippen LogP contribution in [0.25, 0.3) is 10.2 Å². The van der Waals surface area contributed by atoms with Crippen LogP contribution < -0.4 is 15.8 Å². The van der Waals surface area contributed by atoms with Gasteiger partial charge in [0, 0.05) is 70.7 Å². The van der Waals surface area contributed by atoms with Gasteiger partial charge in [-0.3, -0.25) is 19.1 Å². The average Bonchev–Trinajstić information content (AvgIpc) is 3.36. The van der Waals surface area contributed by atoms with Gasteiger partial charge in [0.1, 0.15) is 10.7 Å². The van der Waals surface area contributed by atoms with Gasteiger partial charge in [-0.25, -0.2) is 15.0 Å². The summed E-state index contributed by atoms with van der Waals surface area (Å²) in [5.74, 6) is 1.71. The number of hydrogen-bond donors (Lipinski definition) is 1.